The van der Waals surface area contributed by atoms with Crippen molar-refractivity contribution in [1.82, 2.24) is 0 Å². The molecule has 2 nitrogen and oxygen atoms in total. The van der Waals surface area contributed by atoms with Gasteiger partial charge in [0.15, 0.2) is 0 Å². The summed E-state index contributed by atoms with van der Waals surface area (Å²) in [5.74, 6) is 1.79. The number of methoxy groups -OCH3 is 1. The Morgan fingerprint density at radius 2 is 1.94 bits per heavy atom. The third-order valence-corrected chi connectivity index (χ3v) is 3.50. The van der Waals surface area contributed by atoms with Crippen LogP contribution in [0.3, 0.4) is 0 Å². The number of aromatic hydroxyl groups is 1. The minimum Gasteiger partial charge on any atom is -0.508 e. The SMILES string of the molecule is COc1cc(O)ccc1C(C)(C)CCCC(C)C. The second kappa shape index (κ2) is 6.12. The lowest BCUT2D eigenvalue weighted by Gasteiger charge is -2.27. The van der Waals surface area contributed by atoms with Gasteiger partial charge in [-0.2, -0.15) is 0 Å². The molecule has 2 heteroatoms. The van der Waals surface area contributed by atoms with E-state index in [9.17, 15) is 5.11 Å². The van der Waals surface area contributed by atoms with Crippen molar-refractivity contribution in [2.24, 2.45) is 5.92 Å². The van der Waals surface area contributed by atoms with Gasteiger partial charge in [-0.05, 0) is 23.8 Å². The molecule has 0 fully saturated rings. The Morgan fingerprint density at radius 3 is 2.50 bits per heavy atom. The first-order valence-corrected chi connectivity index (χ1v) is 6.74. The predicted octanol–water partition coefficient (Wildman–Crippen LogP) is 4.50. The molecule has 0 saturated carbocycles. The van der Waals surface area contributed by atoms with Crippen molar-refractivity contribution in [2.45, 2.75) is 52.4 Å². The van der Waals surface area contributed by atoms with E-state index in [1.54, 1.807) is 19.2 Å². The first kappa shape index (κ1) is 14.9. The monoisotopic (exact) mass is 250 g/mol. The van der Waals surface area contributed by atoms with E-state index in [0.29, 0.717) is 0 Å². The number of hydrogen-bond donors (Lipinski definition) is 1. The number of phenolic OH excluding ortho intramolecular Hbond substituents is 1. The molecule has 102 valence electrons. The molecule has 1 N–H and O–H groups in total. The summed E-state index contributed by atoms with van der Waals surface area (Å²) >= 11 is 0. The fourth-order valence-corrected chi connectivity index (χ4v) is 2.33. The molecule has 0 saturated heterocycles. The van der Waals surface area contributed by atoms with Gasteiger partial charge < -0.3 is 9.84 Å². The number of benzene rings is 1. The van der Waals surface area contributed by atoms with Crippen LogP contribution in [0, 0.1) is 5.92 Å². The number of hydrogen-bond acceptors (Lipinski definition) is 2. The maximum Gasteiger partial charge on any atom is 0.126 e. The van der Waals surface area contributed by atoms with E-state index in [2.05, 4.69) is 27.7 Å². The highest BCUT2D eigenvalue weighted by atomic mass is 16.5. The van der Waals surface area contributed by atoms with E-state index in [1.807, 2.05) is 6.07 Å². The minimum absolute atomic E-state index is 0.0773. The van der Waals surface area contributed by atoms with Crippen LogP contribution in [-0.2, 0) is 5.41 Å². The van der Waals surface area contributed by atoms with Gasteiger partial charge in [-0.25, -0.2) is 0 Å². The van der Waals surface area contributed by atoms with Gasteiger partial charge in [0.05, 0.1) is 7.11 Å². The van der Waals surface area contributed by atoms with Crippen LogP contribution in [0.4, 0.5) is 0 Å². The first-order chi connectivity index (χ1) is 8.36. The Balaban J connectivity index is 2.83. The lowest BCUT2D eigenvalue weighted by Crippen LogP contribution is -2.18. The summed E-state index contributed by atoms with van der Waals surface area (Å²) in [6.07, 6.45) is 3.60. The molecule has 0 heterocycles. The molecular formula is C16H26O2. The third kappa shape index (κ3) is 3.94. The molecule has 0 unspecified atom stereocenters. The second-order valence-electron chi connectivity index (χ2n) is 6.05. The highest BCUT2D eigenvalue weighted by Crippen LogP contribution is 2.37. The largest absolute Gasteiger partial charge is 0.508 e. The Morgan fingerprint density at radius 1 is 1.28 bits per heavy atom. The van der Waals surface area contributed by atoms with Crippen molar-refractivity contribution in [2.75, 3.05) is 7.11 Å². The highest BCUT2D eigenvalue weighted by Gasteiger charge is 2.24. The van der Waals surface area contributed by atoms with Crippen LogP contribution in [0.15, 0.2) is 18.2 Å². The lowest BCUT2D eigenvalue weighted by molar-refractivity contribution is 0.370. The normalized spacial score (nSPS) is 11.9. The molecule has 0 atom stereocenters. The van der Waals surface area contributed by atoms with Crippen molar-refractivity contribution in [1.29, 1.82) is 0 Å². The highest BCUT2D eigenvalue weighted by molar-refractivity contribution is 5.43. The van der Waals surface area contributed by atoms with Crippen LogP contribution < -0.4 is 4.74 Å². The van der Waals surface area contributed by atoms with Gasteiger partial charge >= 0.3 is 0 Å². The smallest absolute Gasteiger partial charge is 0.126 e. The summed E-state index contributed by atoms with van der Waals surface area (Å²) in [6.45, 7) is 8.99. The topological polar surface area (TPSA) is 29.5 Å². The van der Waals surface area contributed by atoms with Gasteiger partial charge in [0.25, 0.3) is 0 Å². The lowest BCUT2D eigenvalue weighted by atomic mass is 9.79. The first-order valence-electron chi connectivity index (χ1n) is 6.74. The van der Waals surface area contributed by atoms with Gasteiger partial charge in [0.2, 0.25) is 0 Å². The Bertz CT molecular complexity index is 381. The predicted molar refractivity (Wildman–Crippen MR) is 76.4 cm³/mol. The fourth-order valence-electron chi connectivity index (χ4n) is 2.33. The van der Waals surface area contributed by atoms with Crippen molar-refractivity contribution in [3.8, 4) is 11.5 Å². The minimum atomic E-state index is 0.0773. The quantitative estimate of drug-likeness (QED) is 0.805. The third-order valence-electron chi connectivity index (χ3n) is 3.50. The Labute approximate surface area is 111 Å². The van der Waals surface area contributed by atoms with Crippen LogP contribution in [0.25, 0.3) is 0 Å². The van der Waals surface area contributed by atoms with E-state index in [0.717, 1.165) is 18.1 Å². The Hall–Kier alpha value is -1.18. The van der Waals surface area contributed by atoms with E-state index in [-0.39, 0.29) is 11.2 Å². The molecule has 18 heavy (non-hydrogen) atoms. The fraction of sp³-hybridized carbons (Fsp3) is 0.625. The van der Waals surface area contributed by atoms with Gasteiger partial charge in [0, 0.05) is 11.6 Å². The standard InChI is InChI=1S/C16H26O2/c1-12(2)7-6-10-16(3,4)14-9-8-13(17)11-15(14)18-5/h8-9,11-12,17H,6-7,10H2,1-5H3. The molecule has 0 aliphatic carbocycles. The molecular weight excluding hydrogens is 224 g/mol. The van der Waals surface area contributed by atoms with E-state index in [4.69, 9.17) is 4.74 Å². The summed E-state index contributed by atoms with van der Waals surface area (Å²) in [5, 5.41) is 9.50. The summed E-state index contributed by atoms with van der Waals surface area (Å²) < 4.78 is 5.38. The summed E-state index contributed by atoms with van der Waals surface area (Å²) in [6, 6.07) is 5.41. The van der Waals surface area contributed by atoms with Gasteiger partial charge in [-0.3, -0.25) is 0 Å². The van der Waals surface area contributed by atoms with E-state index >= 15 is 0 Å². The Kier molecular flexibility index (Phi) is 5.06. The zero-order chi connectivity index (χ0) is 13.8. The zero-order valence-electron chi connectivity index (χ0n) is 12.3. The molecule has 1 rings (SSSR count). The van der Waals surface area contributed by atoms with Crippen molar-refractivity contribution >= 4 is 0 Å². The van der Waals surface area contributed by atoms with Crippen LogP contribution in [0.1, 0.15) is 52.5 Å². The summed E-state index contributed by atoms with van der Waals surface area (Å²) in [5.41, 5.74) is 1.25. The summed E-state index contributed by atoms with van der Waals surface area (Å²) in [4.78, 5) is 0. The molecule has 0 aromatic heterocycles. The number of phenols is 1. The van der Waals surface area contributed by atoms with Crippen LogP contribution >= 0.6 is 0 Å². The van der Waals surface area contributed by atoms with Crippen molar-refractivity contribution in [3.05, 3.63) is 23.8 Å². The molecule has 0 radical (unpaired) electrons. The average Bonchev–Trinajstić information content (AvgIpc) is 2.27. The van der Waals surface area contributed by atoms with Gasteiger partial charge in [-0.15, -0.1) is 0 Å². The maximum atomic E-state index is 9.50. The van der Waals surface area contributed by atoms with Crippen molar-refractivity contribution in [3.63, 3.8) is 0 Å². The number of ether oxygens (including phenoxy) is 1. The van der Waals surface area contributed by atoms with Crippen LogP contribution in [0.2, 0.25) is 0 Å². The molecule has 0 amide bonds. The number of rotatable bonds is 6. The summed E-state index contributed by atoms with van der Waals surface area (Å²) in [7, 11) is 1.66. The van der Waals surface area contributed by atoms with E-state index in [1.165, 1.54) is 18.4 Å². The average molecular weight is 250 g/mol. The van der Waals surface area contributed by atoms with E-state index < -0.39 is 0 Å². The van der Waals surface area contributed by atoms with Gasteiger partial charge in [-0.1, -0.05) is 46.6 Å². The van der Waals surface area contributed by atoms with Crippen molar-refractivity contribution < 1.29 is 9.84 Å². The molecule has 0 spiro atoms. The van der Waals surface area contributed by atoms with Crippen LogP contribution in [-0.4, -0.2) is 12.2 Å². The van der Waals surface area contributed by atoms with Gasteiger partial charge in [0.1, 0.15) is 11.5 Å². The molecule has 1 aromatic rings. The maximum absolute atomic E-state index is 9.50. The molecule has 1 aromatic carbocycles. The molecule has 0 aliphatic rings. The molecule has 0 aliphatic heterocycles. The second-order valence-corrected chi connectivity index (χ2v) is 6.05. The van der Waals surface area contributed by atoms with Crippen LogP contribution in [0.5, 0.6) is 11.5 Å². The molecule has 0 bridgehead atoms. The zero-order valence-corrected chi connectivity index (χ0v) is 12.3.